The number of unbranched alkanes of at least 4 members (excludes halogenated alkanes) is 4. The van der Waals surface area contributed by atoms with Gasteiger partial charge in [-0.1, -0.05) is 70.7 Å². The first-order chi connectivity index (χ1) is 35.0. The number of aryl methyl sites for hydroxylation is 1. The Hall–Kier alpha value is -6.13. The second kappa shape index (κ2) is 23.8. The Morgan fingerprint density at radius 2 is 1.51 bits per heavy atom. The van der Waals surface area contributed by atoms with Gasteiger partial charge in [-0.3, -0.25) is 24.1 Å². The lowest BCUT2D eigenvalue weighted by atomic mass is 9.85. The van der Waals surface area contributed by atoms with Crippen LogP contribution in [-0.2, 0) is 14.4 Å². The molecule has 3 amide bonds. The van der Waals surface area contributed by atoms with E-state index in [4.69, 9.17) is 4.74 Å². The van der Waals surface area contributed by atoms with Gasteiger partial charge in [-0.15, -0.1) is 22.7 Å². The maximum atomic E-state index is 14.2. The fourth-order valence-electron chi connectivity index (χ4n) is 9.86. The van der Waals surface area contributed by atoms with Crippen molar-refractivity contribution in [2.75, 3.05) is 26.2 Å². The Kier molecular flexibility index (Phi) is 17.4. The summed E-state index contributed by atoms with van der Waals surface area (Å²) in [5, 5.41) is 37.6. The van der Waals surface area contributed by atoms with E-state index in [9.17, 15) is 34.5 Å². The molecule has 0 radical (unpaired) electrons. The third kappa shape index (κ3) is 13.2. The molecule has 13 nitrogen and oxygen atoms in total. The van der Waals surface area contributed by atoms with Crippen LogP contribution in [0.5, 0.6) is 17.2 Å². The molecule has 2 fully saturated rings. The minimum atomic E-state index is -0.868. The molecule has 386 valence electrons. The van der Waals surface area contributed by atoms with Crippen LogP contribution in [0.15, 0.2) is 96.5 Å². The number of fused-ring (bicyclic) bond motifs is 1. The van der Waals surface area contributed by atoms with Gasteiger partial charge in [0, 0.05) is 58.1 Å². The van der Waals surface area contributed by atoms with Crippen LogP contribution in [0.1, 0.15) is 125 Å². The largest absolute Gasteiger partial charge is 0.508 e. The average Bonchev–Trinajstić information content (AvgIpc) is 4.08. The van der Waals surface area contributed by atoms with Crippen molar-refractivity contribution in [3.05, 3.63) is 119 Å². The predicted molar refractivity (Wildman–Crippen MR) is 289 cm³/mol. The average molecular weight is 1030 g/mol. The van der Waals surface area contributed by atoms with Crippen molar-refractivity contribution >= 4 is 56.3 Å². The van der Waals surface area contributed by atoms with Crippen molar-refractivity contribution in [3.63, 3.8) is 0 Å². The highest BCUT2D eigenvalue weighted by Gasteiger charge is 2.44. The molecule has 1 unspecified atom stereocenters. The number of nitrogens with zero attached hydrogens (tertiary/aromatic N) is 3. The summed E-state index contributed by atoms with van der Waals surface area (Å²) in [5.41, 5.74) is 6.04. The smallest absolute Gasteiger partial charge is 0.246 e. The molecule has 4 atom stereocenters. The van der Waals surface area contributed by atoms with Gasteiger partial charge < -0.3 is 35.6 Å². The number of β-amino-alcohol motifs (C(OH)–C–C–N with tert-alkyl or cyclic N) is 1. The standard InChI is InChI=1S/C58H69N5O8S2/c1-36(38-15-17-40(18-16-38)53-37(2)59-35-72-53)60-56(69)48-32-45(66)34-63(48)57(70)55(58(3,4)5)61-50(67)14-9-7-6-8-10-29-62(42-12-11-13-42)30-31-71-46-26-21-39(22-27-46)52(68)51-47-28-25-44(65)33-49(47)73-54(51)41-19-23-43(64)24-20-41/h15-28,33,35-36,42,45,48,55,64-66H,6-14,29-32,34H2,1-5H3,(H,60,69)(H,61,67)/t36-,45+,48-,55?/m0/s1. The number of thiophene rings is 1. The number of phenols is 2. The summed E-state index contributed by atoms with van der Waals surface area (Å²) in [6, 6.07) is 25.6. The van der Waals surface area contributed by atoms with Crippen LogP contribution in [-0.4, -0.2) is 104 Å². The maximum absolute atomic E-state index is 14.2. The van der Waals surface area contributed by atoms with Gasteiger partial charge in [-0.05, 0) is 135 Å². The normalized spacial score (nSPS) is 16.8. The summed E-state index contributed by atoms with van der Waals surface area (Å²) >= 11 is 3.02. The number of amides is 3. The van der Waals surface area contributed by atoms with E-state index in [0.29, 0.717) is 42.4 Å². The number of aromatic nitrogens is 1. The van der Waals surface area contributed by atoms with Gasteiger partial charge in [-0.2, -0.15) is 0 Å². The lowest BCUT2D eigenvalue weighted by Crippen LogP contribution is -2.57. The fourth-order valence-corrected chi connectivity index (χ4v) is 11.9. The number of hydrogen-bond acceptors (Lipinski definition) is 12. The number of rotatable bonds is 22. The number of nitrogens with one attached hydrogen (secondary N) is 2. The number of benzene rings is 4. The van der Waals surface area contributed by atoms with Gasteiger partial charge in [-0.25, -0.2) is 4.98 Å². The number of aliphatic hydroxyl groups is 1. The van der Waals surface area contributed by atoms with E-state index in [1.807, 2.05) is 76.5 Å². The van der Waals surface area contributed by atoms with Gasteiger partial charge in [0.05, 0.1) is 28.2 Å². The number of ether oxygens (including phenoxy) is 1. The van der Waals surface area contributed by atoms with Crippen molar-refractivity contribution in [3.8, 4) is 38.1 Å². The molecule has 1 aliphatic carbocycles. The molecule has 1 saturated carbocycles. The van der Waals surface area contributed by atoms with Gasteiger partial charge in [0.15, 0.2) is 5.78 Å². The van der Waals surface area contributed by atoms with Crippen molar-refractivity contribution in [1.29, 1.82) is 0 Å². The number of aliphatic hydroxyl groups excluding tert-OH is 1. The number of carbonyl (C=O) groups excluding carboxylic acids is 4. The van der Waals surface area contributed by atoms with Crippen LogP contribution in [0.3, 0.4) is 0 Å². The van der Waals surface area contributed by atoms with Gasteiger partial charge in [0.25, 0.3) is 0 Å². The van der Waals surface area contributed by atoms with Gasteiger partial charge in [0.1, 0.15) is 35.9 Å². The molecule has 6 aromatic rings. The van der Waals surface area contributed by atoms with E-state index in [1.165, 1.54) is 35.5 Å². The van der Waals surface area contributed by atoms with E-state index >= 15 is 0 Å². The summed E-state index contributed by atoms with van der Waals surface area (Å²) in [6.45, 7) is 11.9. The Bertz CT molecular complexity index is 2850. The predicted octanol–water partition coefficient (Wildman–Crippen LogP) is 10.6. The highest BCUT2D eigenvalue weighted by molar-refractivity contribution is 7.22. The van der Waals surface area contributed by atoms with Crippen LogP contribution < -0.4 is 15.4 Å². The van der Waals surface area contributed by atoms with Crippen LogP contribution >= 0.6 is 22.7 Å². The molecule has 73 heavy (non-hydrogen) atoms. The molecule has 4 aromatic carbocycles. The molecular weight excluding hydrogens is 959 g/mol. The number of ketones is 1. The van der Waals surface area contributed by atoms with Crippen LogP contribution in [0.2, 0.25) is 0 Å². The maximum Gasteiger partial charge on any atom is 0.246 e. The molecule has 15 heteroatoms. The Morgan fingerprint density at radius 1 is 0.836 bits per heavy atom. The van der Waals surface area contributed by atoms with Crippen LogP contribution in [0.4, 0.5) is 0 Å². The van der Waals surface area contributed by atoms with Crippen molar-refractivity contribution in [2.24, 2.45) is 5.41 Å². The summed E-state index contributed by atoms with van der Waals surface area (Å²) in [5.74, 6) is -0.0600. The first kappa shape index (κ1) is 53.2. The second-order valence-electron chi connectivity index (χ2n) is 20.8. The monoisotopic (exact) mass is 1030 g/mol. The Balaban J connectivity index is 0.761. The quantitative estimate of drug-likeness (QED) is 0.0324. The molecule has 2 aliphatic rings. The summed E-state index contributed by atoms with van der Waals surface area (Å²) in [6.07, 6.45) is 7.83. The first-order valence-corrected chi connectivity index (χ1v) is 27.4. The molecule has 1 aliphatic heterocycles. The minimum Gasteiger partial charge on any atom is -0.508 e. The van der Waals surface area contributed by atoms with E-state index in [0.717, 1.165) is 81.0 Å². The highest BCUT2D eigenvalue weighted by atomic mass is 32.1. The zero-order chi connectivity index (χ0) is 51.8. The highest BCUT2D eigenvalue weighted by Crippen LogP contribution is 2.42. The molecule has 2 aromatic heterocycles. The fraction of sp³-hybridized carbons (Fsp3) is 0.431. The van der Waals surface area contributed by atoms with Gasteiger partial charge in [0.2, 0.25) is 17.7 Å². The molecule has 0 bridgehead atoms. The Labute approximate surface area is 436 Å². The second-order valence-corrected chi connectivity index (χ2v) is 22.7. The molecule has 1 saturated heterocycles. The number of thiazole rings is 1. The SMILES string of the molecule is Cc1ncsc1-c1ccc([C@H](C)NC(=O)[C@@H]2C[C@@H](O)CN2C(=O)C(NC(=O)CCCCCCCN(CCOc2ccc(C(=O)c3c(-c4ccc(O)cc4)sc4cc(O)ccc34)cc2)C2CCC2)C(C)(C)C)cc1. The minimum absolute atomic E-state index is 0.0219. The molecular formula is C58H69N5O8S2. The van der Waals surface area contributed by atoms with Crippen LogP contribution in [0, 0.1) is 12.3 Å². The molecule has 8 rings (SSSR count). The molecule has 5 N–H and O–H groups in total. The van der Waals surface area contributed by atoms with E-state index in [-0.39, 0.29) is 54.0 Å². The third-order valence-electron chi connectivity index (χ3n) is 14.3. The number of aromatic hydroxyl groups is 2. The molecule has 3 heterocycles. The van der Waals surface area contributed by atoms with E-state index in [1.54, 1.807) is 65.9 Å². The van der Waals surface area contributed by atoms with Crippen molar-refractivity contribution in [1.82, 2.24) is 25.4 Å². The summed E-state index contributed by atoms with van der Waals surface area (Å²) in [7, 11) is 0. The van der Waals surface area contributed by atoms with Crippen molar-refractivity contribution < 1.29 is 39.2 Å². The van der Waals surface area contributed by atoms with E-state index < -0.39 is 23.6 Å². The molecule has 0 spiro atoms. The summed E-state index contributed by atoms with van der Waals surface area (Å²) in [4.78, 5) is 65.5. The topological polar surface area (TPSA) is 182 Å². The van der Waals surface area contributed by atoms with Crippen LogP contribution in [0.25, 0.3) is 31.0 Å². The van der Waals surface area contributed by atoms with Gasteiger partial charge >= 0.3 is 0 Å². The zero-order valence-electron chi connectivity index (χ0n) is 42.6. The third-order valence-corrected chi connectivity index (χ3v) is 16.5. The lowest BCUT2D eigenvalue weighted by Gasteiger charge is -2.37. The number of carbonyl (C=O) groups is 4. The lowest BCUT2D eigenvalue weighted by molar-refractivity contribution is -0.144. The number of phenolic OH excluding ortho intramolecular Hbond substituents is 2. The van der Waals surface area contributed by atoms with Crippen molar-refractivity contribution in [2.45, 2.75) is 129 Å². The summed E-state index contributed by atoms with van der Waals surface area (Å²) < 4.78 is 7.01. The first-order valence-electron chi connectivity index (χ1n) is 25.7. The van der Waals surface area contributed by atoms with E-state index in [2.05, 4.69) is 20.5 Å². The Morgan fingerprint density at radius 3 is 2.18 bits per heavy atom. The number of hydrogen-bond donors (Lipinski definition) is 5. The number of likely N-dealkylation sites (tertiary alicyclic amines) is 1. The zero-order valence-corrected chi connectivity index (χ0v) is 44.2.